The number of hydrogen-bond donors (Lipinski definition) is 0. The summed E-state index contributed by atoms with van der Waals surface area (Å²) >= 11 is 0. The highest BCUT2D eigenvalue weighted by Gasteiger charge is 2.04. The van der Waals surface area contributed by atoms with E-state index >= 15 is 0 Å². The van der Waals surface area contributed by atoms with Gasteiger partial charge < -0.3 is 4.74 Å². The Hall–Kier alpha value is -1.05. The van der Waals surface area contributed by atoms with Gasteiger partial charge in [-0.2, -0.15) is 0 Å². The topological polar surface area (TPSA) is 26.3 Å². The molecule has 0 fully saturated rings. The highest BCUT2D eigenvalue weighted by Crippen LogP contribution is 2.04. The van der Waals surface area contributed by atoms with Gasteiger partial charge in [0.25, 0.3) is 0 Å². The number of unbranched alkanes of at least 4 members (excludes halogenated alkanes) is 2. The van der Waals surface area contributed by atoms with Crippen LogP contribution in [0, 0.1) is 0 Å². The maximum atomic E-state index is 11.2. The van der Waals surface area contributed by atoms with Gasteiger partial charge in [0.15, 0.2) is 0 Å². The number of ether oxygens (including phenoxy) is 1. The Morgan fingerprint density at radius 1 is 1.46 bits per heavy atom. The molecule has 0 aromatic heterocycles. The van der Waals surface area contributed by atoms with E-state index in [1.165, 1.54) is 0 Å². The molecule has 0 spiro atoms. The van der Waals surface area contributed by atoms with E-state index in [9.17, 15) is 4.79 Å². The van der Waals surface area contributed by atoms with Gasteiger partial charge >= 0.3 is 5.97 Å². The Morgan fingerprint density at radius 2 is 2.15 bits per heavy atom. The Labute approximate surface area is 80.3 Å². The summed E-state index contributed by atoms with van der Waals surface area (Å²) in [6.07, 6.45) is 6.57. The molecule has 0 amide bonds. The van der Waals surface area contributed by atoms with Crippen molar-refractivity contribution in [2.24, 2.45) is 0 Å². The lowest BCUT2D eigenvalue weighted by Gasteiger charge is -2.01. The Kier molecular flexibility index (Phi) is 6.98. The Morgan fingerprint density at radius 3 is 2.62 bits per heavy atom. The molecule has 0 aliphatic carbocycles. The fraction of sp³-hybridized carbons (Fsp3) is 0.545. The second-order valence-electron chi connectivity index (χ2n) is 2.73. The van der Waals surface area contributed by atoms with E-state index in [1.807, 2.05) is 6.08 Å². The summed E-state index contributed by atoms with van der Waals surface area (Å²) in [6.45, 7) is 7.90. The van der Waals surface area contributed by atoms with Gasteiger partial charge in [-0.15, -0.1) is 0 Å². The predicted octanol–water partition coefficient (Wildman–Crippen LogP) is 2.85. The third-order valence-corrected chi connectivity index (χ3v) is 1.65. The minimum absolute atomic E-state index is 0.270. The molecule has 0 saturated carbocycles. The summed E-state index contributed by atoms with van der Waals surface area (Å²) in [6, 6.07) is 0. The van der Waals surface area contributed by atoms with Crippen LogP contribution in [0.3, 0.4) is 0 Å². The fourth-order valence-electron chi connectivity index (χ4n) is 0.926. The second kappa shape index (κ2) is 7.59. The van der Waals surface area contributed by atoms with Crippen molar-refractivity contribution in [1.82, 2.24) is 0 Å². The van der Waals surface area contributed by atoms with Crippen LogP contribution in [0.15, 0.2) is 24.3 Å². The van der Waals surface area contributed by atoms with Crippen LogP contribution in [-0.4, -0.2) is 12.6 Å². The summed E-state index contributed by atoms with van der Waals surface area (Å²) in [5.41, 5.74) is 0.579. The number of carbonyl (C=O) groups is 1. The van der Waals surface area contributed by atoms with Gasteiger partial charge in [-0.05, 0) is 13.3 Å². The molecule has 0 unspecified atom stereocenters. The van der Waals surface area contributed by atoms with E-state index in [0.29, 0.717) is 12.2 Å². The molecule has 0 N–H and O–H groups in total. The van der Waals surface area contributed by atoms with Crippen LogP contribution in [0.1, 0.15) is 33.1 Å². The molecule has 0 bridgehead atoms. The van der Waals surface area contributed by atoms with E-state index in [-0.39, 0.29) is 5.97 Å². The first-order valence-electron chi connectivity index (χ1n) is 4.75. The van der Waals surface area contributed by atoms with Crippen molar-refractivity contribution in [3.05, 3.63) is 24.3 Å². The third kappa shape index (κ3) is 5.23. The van der Waals surface area contributed by atoms with Crippen LogP contribution in [0.5, 0.6) is 0 Å². The average molecular weight is 182 g/mol. The van der Waals surface area contributed by atoms with Crippen molar-refractivity contribution < 1.29 is 9.53 Å². The molecular weight excluding hydrogens is 164 g/mol. The first-order valence-corrected chi connectivity index (χ1v) is 4.75. The summed E-state index contributed by atoms with van der Waals surface area (Å²) < 4.78 is 4.85. The molecule has 2 nitrogen and oxygen atoms in total. The number of allylic oxidation sites excluding steroid dienone is 1. The van der Waals surface area contributed by atoms with E-state index in [4.69, 9.17) is 4.74 Å². The zero-order valence-corrected chi connectivity index (χ0v) is 8.51. The van der Waals surface area contributed by atoms with E-state index in [0.717, 1.165) is 19.3 Å². The Bertz CT molecular complexity index is 192. The second-order valence-corrected chi connectivity index (χ2v) is 2.73. The van der Waals surface area contributed by atoms with E-state index in [2.05, 4.69) is 13.5 Å². The van der Waals surface area contributed by atoms with Crippen LogP contribution >= 0.6 is 0 Å². The minimum atomic E-state index is -0.270. The molecule has 2 heteroatoms. The maximum absolute atomic E-state index is 11.2. The zero-order valence-electron chi connectivity index (χ0n) is 8.51. The van der Waals surface area contributed by atoms with Gasteiger partial charge in [-0.25, -0.2) is 4.79 Å². The standard InChI is InChI=1S/C11H18O2/c1-4-7-8-9-10(5-2)11(12)13-6-3/h5,9H,2,4,6-8H2,1,3H3/b10-9-. The van der Waals surface area contributed by atoms with E-state index < -0.39 is 0 Å². The summed E-state index contributed by atoms with van der Waals surface area (Å²) in [5, 5.41) is 0. The lowest BCUT2D eigenvalue weighted by Crippen LogP contribution is -2.05. The van der Waals surface area contributed by atoms with Gasteiger partial charge in [0.05, 0.1) is 12.2 Å². The highest BCUT2D eigenvalue weighted by atomic mass is 16.5. The van der Waals surface area contributed by atoms with Gasteiger partial charge in [0, 0.05) is 0 Å². The zero-order chi connectivity index (χ0) is 10.1. The monoisotopic (exact) mass is 182 g/mol. The molecule has 0 atom stereocenters. The summed E-state index contributed by atoms with van der Waals surface area (Å²) in [7, 11) is 0. The molecular formula is C11H18O2. The van der Waals surface area contributed by atoms with Gasteiger partial charge in [0.1, 0.15) is 0 Å². The third-order valence-electron chi connectivity index (χ3n) is 1.65. The van der Waals surface area contributed by atoms with Crippen molar-refractivity contribution in [2.75, 3.05) is 6.61 Å². The lowest BCUT2D eigenvalue weighted by molar-refractivity contribution is -0.138. The summed E-state index contributed by atoms with van der Waals surface area (Å²) in [5.74, 6) is -0.270. The van der Waals surface area contributed by atoms with Crippen LogP contribution in [0.2, 0.25) is 0 Å². The van der Waals surface area contributed by atoms with Gasteiger partial charge in [-0.1, -0.05) is 38.5 Å². The largest absolute Gasteiger partial charge is 0.462 e. The van der Waals surface area contributed by atoms with Gasteiger partial charge in [-0.3, -0.25) is 0 Å². The first-order chi connectivity index (χ1) is 6.26. The van der Waals surface area contributed by atoms with Crippen molar-refractivity contribution >= 4 is 5.97 Å². The van der Waals surface area contributed by atoms with Crippen molar-refractivity contribution in [1.29, 1.82) is 0 Å². The fourth-order valence-corrected chi connectivity index (χ4v) is 0.926. The van der Waals surface area contributed by atoms with Crippen molar-refractivity contribution in [2.45, 2.75) is 33.1 Å². The van der Waals surface area contributed by atoms with Crippen molar-refractivity contribution in [3.63, 3.8) is 0 Å². The van der Waals surface area contributed by atoms with Crippen LogP contribution < -0.4 is 0 Å². The number of hydrogen-bond acceptors (Lipinski definition) is 2. The maximum Gasteiger partial charge on any atom is 0.337 e. The van der Waals surface area contributed by atoms with Crippen molar-refractivity contribution in [3.8, 4) is 0 Å². The minimum Gasteiger partial charge on any atom is -0.462 e. The van der Waals surface area contributed by atoms with Crippen LogP contribution in [-0.2, 0) is 9.53 Å². The van der Waals surface area contributed by atoms with Crippen LogP contribution in [0.25, 0.3) is 0 Å². The number of esters is 1. The highest BCUT2D eigenvalue weighted by molar-refractivity contribution is 5.91. The molecule has 0 aromatic rings. The normalized spacial score (nSPS) is 11.1. The number of rotatable bonds is 6. The van der Waals surface area contributed by atoms with E-state index in [1.54, 1.807) is 13.0 Å². The molecule has 0 aliphatic heterocycles. The molecule has 0 aromatic carbocycles. The molecule has 0 heterocycles. The molecule has 13 heavy (non-hydrogen) atoms. The molecule has 0 rings (SSSR count). The molecule has 0 saturated heterocycles. The quantitative estimate of drug-likeness (QED) is 0.273. The lowest BCUT2D eigenvalue weighted by atomic mass is 10.1. The van der Waals surface area contributed by atoms with Gasteiger partial charge in [0.2, 0.25) is 0 Å². The summed E-state index contributed by atoms with van der Waals surface area (Å²) in [4.78, 5) is 11.2. The molecule has 74 valence electrons. The smallest absolute Gasteiger partial charge is 0.337 e. The molecule has 0 aliphatic rings. The predicted molar refractivity (Wildman–Crippen MR) is 54.4 cm³/mol. The SMILES string of the molecule is C=C/C(=C/CCCC)C(=O)OCC. The molecule has 0 radical (unpaired) electrons. The number of carbonyl (C=O) groups excluding carboxylic acids is 1. The first kappa shape index (κ1) is 11.9. The Balaban J connectivity index is 4.06. The van der Waals surface area contributed by atoms with Crippen LogP contribution in [0.4, 0.5) is 0 Å². The average Bonchev–Trinajstić information content (AvgIpc) is 2.13.